The second-order valence-corrected chi connectivity index (χ2v) is 6.98. The van der Waals surface area contributed by atoms with Crippen LogP contribution in [0.1, 0.15) is 18.9 Å². The maximum Gasteiger partial charge on any atom is 0.264 e. The Morgan fingerprint density at radius 2 is 2.26 bits per heavy atom. The molecule has 0 aliphatic carbocycles. The number of aromatic nitrogens is 2. The molecule has 1 amide bonds. The first kappa shape index (κ1) is 17.5. The molecular formula is C16H19N3O2S2. The van der Waals surface area contributed by atoms with Crippen molar-refractivity contribution in [3.63, 3.8) is 0 Å². The van der Waals surface area contributed by atoms with Gasteiger partial charge < -0.3 is 4.74 Å². The number of rotatable bonds is 9. The Morgan fingerprint density at radius 1 is 1.43 bits per heavy atom. The zero-order valence-electron chi connectivity index (χ0n) is 12.9. The van der Waals surface area contributed by atoms with Gasteiger partial charge in [0.1, 0.15) is 5.75 Å². The van der Waals surface area contributed by atoms with Gasteiger partial charge in [-0.2, -0.15) is 0 Å². The molecule has 0 atom stereocenters. The van der Waals surface area contributed by atoms with E-state index in [0.29, 0.717) is 17.3 Å². The fraction of sp³-hybridized carbons (Fsp3) is 0.312. The van der Waals surface area contributed by atoms with Crippen LogP contribution in [0.2, 0.25) is 0 Å². The Balaban J connectivity index is 1.85. The normalized spacial score (nSPS) is 10.3. The number of hydrogen-bond acceptors (Lipinski definition) is 6. The first-order valence-electron chi connectivity index (χ1n) is 7.30. The number of amides is 1. The topological polar surface area (TPSA) is 64.1 Å². The third kappa shape index (κ3) is 5.69. The zero-order chi connectivity index (χ0) is 16.5. The van der Waals surface area contributed by atoms with Crippen LogP contribution in [0, 0.1) is 0 Å². The van der Waals surface area contributed by atoms with E-state index in [4.69, 9.17) is 4.74 Å². The summed E-state index contributed by atoms with van der Waals surface area (Å²) in [6.07, 6.45) is 3.58. The van der Waals surface area contributed by atoms with Crippen LogP contribution in [0.5, 0.6) is 5.75 Å². The number of ether oxygens (including phenoxy) is 1. The van der Waals surface area contributed by atoms with Gasteiger partial charge in [0, 0.05) is 5.75 Å². The molecule has 0 aliphatic rings. The van der Waals surface area contributed by atoms with E-state index in [-0.39, 0.29) is 12.5 Å². The Hall–Kier alpha value is -1.86. The van der Waals surface area contributed by atoms with Crippen LogP contribution in [-0.2, 0) is 11.2 Å². The van der Waals surface area contributed by atoms with Crippen molar-refractivity contribution in [2.75, 3.05) is 17.7 Å². The van der Waals surface area contributed by atoms with E-state index in [1.54, 1.807) is 17.8 Å². The number of nitrogens with zero attached hydrogens (tertiary/aromatic N) is 2. The highest BCUT2D eigenvalue weighted by Crippen LogP contribution is 2.25. The number of anilines is 1. The van der Waals surface area contributed by atoms with Crippen molar-refractivity contribution >= 4 is 34.1 Å². The fourth-order valence-corrected chi connectivity index (χ4v) is 3.47. The molecule has 7 heteroatoms. The molecule has 0 radical (unpaired) electrons. The maximum atomic E-state index is 12.0. The highest BCUT2D eigenvalue weighted by atomic mass is 32.2. The van der Waals surface area contributed by atoms with Gasteiger partial charge in [-0.05, 0) is 24.5 Å². The van der Waals surface area contributed by atoms with Gasteiger partial charge in [-0.25, -0.2) is 0 Å². The second-order valence-electron chi connectivity index (χ2n) is 4.66. The van der Waals surface area contributed by atoms with Gasteiger partial charge in [0.05, 0.1) is 0 Å². The number of benzene rings is 1. The lowest BCUT2D eigenvalue weighted by Crippen LogP contribution is -2.20. The number of nitrogens with one attached hydrogen (secondary N) is 1. The number of thioether (sulfide) groups is 1. The van der Waals surface area contributed by atoms with Crippen molar-refractivity contribution in [2.45, 2.75) is 24.1 Å². The molecule has 2 rings (SSSR count). The van der Waals surface area contributed by atoms with Crippen molar-refractivity contribution in [1.29, 1.82) is 0 Å². The number of carbonyl (C=O) groups is 1. The van der Waals surface area contributed by atoms with Crippen LogP contribution in [0.15, 0.2) is 41.3 Å². The highest BCUT2D eigenvalue weighted by molar-refractivity contribution is 8.01. The van der Waals surface area contributed by atoms with Gasteiger partial charge in [0.15, 0.2) is 10.9 Å². The third-order valence-corrected chi connectivity index (χ3v) is 4.96. The van der Waals surface area contributed by atoms with E-state index < -0.39 is 0 Å². The minimum absolute atomic E-state index is 0.0643. The molecule has 0 unspecified atom stereocenters. The Bertz CT molecular complexity index is 658. The molecule has 5 nitrogen and oxygen atoms in total. The molecule has 1 aromatic carbocycles. The van der Waals surface area contributed by atoms with E-state index in [1.807, 2.05) is 24.3 Å². The average molecular weight is 349 g/mol. The van der Waals surface area contributed by atoms with Gasteiger partial charge in [-0.1, -0.05) is 54.3 Å². The van der Waals surface area contributed by atoms with Gasteiger partial charge >= 0.3 is 0 Å². The first-order valence-corrected chi connectivity index (χ1v) is 9.11. The van der Waals surface area contributed by atoms with Gasteiger partial charge in [-0.15, -0.1) is 16.8 Å². The minimum Gasteiger partial charge on any atom is -0.483 e. The Morgan fingerprint density at radius 3 is 3.04 bits per heavy atom. The Labute approximate surface area is 144 Å². The molecule has 0 aliphatic heterocycles. The van der Waals surface area contributed by atoms with Crippen molar-refractivity contribution in [3.05, 3.63) is 42.5 Å². The molecule has 1 N–H and O–H groups in total. The third-order valence-electron chi connectivity index (χ3n) is 2.78. The molecule has 0 fully saturated rings. The molecule has 0 bridgehead atoms. The lowest BCUT2D eigenvalue weighted by molar-refractivity contribution is -0.118. The summed E-state index contributed by atoms with van der Waals surface area (Å²) >= 11 is 3.01. The summed E-state index contributed by atoms with van der Waals surface area (Å²) in [5, 5.41) is 11.2. The lowest BCUT2D eigenvalue weighted by atomic mass is 10.1. The summed E-state index contributed by atoms with van der Waals surface area (Å²) in [4.78, 5) is 12.0. The van der Waals surface area contributed by atoms with E-state index >= 15 is 0 Å². The number of para-hydroxylation sites is 1. The van der Waals surface area contributed by atoms with E-state index in [0.717, 1.165) is 22.1 Å². The minimum atomic E-state index is -0.249. The highest BCUT2D eigenvalue weighted by Gasteiger charge is 2.10. The summed E-state index contributed by atoms with van der Waals surface area (Å²) in [5.74, 6) is 1.44. The van der Waals surface area contributed by atoms with Crippen LogP contribution in [0.4, 0.5) is 5.13 Å². The molecule has 0 saturated carbocycles. The standard InChI is InChI=1S/C16H19N3O2S2/c1-3-7-12-8-5-6-9-13(12)21-11-14(20)17-15-18-19-16(23-15)22-10-4-2/h3,5-6,8-9H,1,4,7,10-11H2,2H3,(H,17,18,20). The lowest BCUT2D eigenvalue weighted by Gasteiger charge is -2.09. The van der Waals surface area contributed by atoms with E-state index in [1.165, 1.54) is 11.3 Å². The van der Waals surface area contributed by atoms with Crippen molar-refractivity contribution in [2.24, 2.45) is 0 Å². The average Bonchev–Trinajstić information content (AvgIpc) is 3.00. The molecule has 122 valence electrons. The van der Waals surface area contributed by atoms with Crippen LogP contribution in [0.25, 0.3) is 0 Å². The van der Waals surface area contributed by atoms with Gasteiger partial charge in [0.25, 0.3) is 5.91 Å². The number of hydrogen-bond donors (Lipinski definition) is 1. The van der Waals surface area contributed by atoms with Crippen LogP contribution < -0.4 is 10.1 Å². The summed E-state index contributed by atoms with van der Waals surface area (Å²) in [6, 6.07) is 7.61. The van der Waals surface area contributed by atoms with Crippen LogP contribution in [-0.4, -0.2) is 28.5 Å². The van der Waals surface area contributed by atoms with Gasteiger partial charge in [0.2, 0.25) is 5.13 Å². The van der Waals surface area contributed by atoms with Crippen molar-refractivity contribution in [3.8, 4) is 5.75 Å². The summed E-state index contributed by atoms with van der Waals surface area (Å²) in [6.45, 7) is 5.77. The maximum absolute atomic E-state index is 12.0. The summed E-state index contributed by atoms with van der Waals surface area (Å²) < 4.78 is 6.45. The predicted octanol–water partition coefficient (Wildman–Crippen LogP) is 3.79. The molecule has 1 aromatic heterocycles. The summed E-state index contributed by atoms with van der Waals surface area (Å²) in [5.41, 5.74) is 1.00. The van der Waals surface area contributed by atoms with Crippen LogP contribution in [0.3, 0.4) is 0 Å². The number of carbonyl (C=O) groups excluding carboxylic acids is 1. The SMILES string of the molecule is C=CCc1ccccc1OCC(=O)Nc1nnc(SCCC)s1. The zero-order valence-corrected chi connectivity index (χ0v) is 14.6. The molecular weight excluding hydrogens is 330 g/mol. The van der Waals surface area contributed by atoms with E-state index in [2.05, 4.69) is 29.0 Å². The van der Waals surface area contributed by atoms with Gasteiger partial charge in [-0.3, -0.25) is 10.1 Å². The number of allylic oxidation sites excluding steroid dienone is 1. The first-order chi connectivity index (χ1) is 11.2. The van der Waals surface area contributed by atoms with E-state index in [9.17, 15) is 4.79 Å². The Kier molecular flexibility index (Phi) is 7.09. The molecule has 0 saturated heterocycles. The largest absolute Gasteiger partial charge is 0.483 e. The van der Waals surface area contributed by atoms with Crippen molar-refractivity contribution < 1.29 is 9.53 Å². The molecule has 0 spiro atoms. The smallest absolute Gasteiger partial charge is 0.264 e. The molecule has 2 aromatic rings. The summed E-state index contributed by atoms with van der Waals surface area (Å²) in [7, 11) is 0. The fourth-order valence-electron chi connectivity index (χ4n) is 1.78. The van der Waals surface area contributed by atoms with Crippen molar-refractivity contribution in [1.82, 2.24) is 10.2 Å². The second kappa shape index (κ2) is 9.32. The monoisotopic (exact) mass is 349 g/mol. The quantitative estimate of drug-likeness (QED) is 0.424. The molecule has 23 heavy (non-hydrogen) atoms. The molecule has 1 heterocycles. The van der Waals surface area contributed by atoms with Crippen LogP contribution >= 0.6 is 23.1 Å². The predicted molar refractivity (Wildman–Crippen MR) is 95.4 cm³/mol.